The van der Waals surface area contributed by atoms with E-state index in [0.717, 1.165) is 11.1 Å². The summed E-state index contributed by atoms with van der Waals surface area (Å²) in [5, 5.41) is 23.3. The Morgan fingerprint density at radius 2 is 2.14 bits per heavy atom. The Kier molecular flexibility index (Phi) is 5.67. The molecule has 1 aromatic carbocycles. The van der Waals surface area contributed by atoms with Crippen LogP contribution in [0.15, 0.2) is 47.5 Å². The zero-order chi connectivity index (χ0) is 20.1. The van der Waals surface area contributed by atoms with Gasteiger partial charge in [0.15, 0.2) is 5.82 Å². The highest BCUT2D eigenvalue weighted by Gasteiger charge is 2.14. The number of aromatic nitrogens is 3. The molecule has 2 heterocycles. The van der Waals surface area contributed by atoms with Crippen LogP contribution in [0, 0.1) is 18.3 Å². The molecular formula is C20H19N5O3. The van der Waals surface area contributed by atoms with Gasteiger partial charge < -0.3 is 10.4 Å². The molecule has 0 radical (unpaired) electrons. The maximum absolute atomic E-state index is 12.8. The summed E-state index contributed by atoms with van der Waals surface area (Å²) in [6, 6.07) is 10.4. The molecule has 0 aliphatic heterocycles. The van der Waals surface area contributed by atoms with Crippen molar-refractivity contribution in [1.82, 2.24) is 20.1 Å². The number of nitriles is 1. The van der Waals surface area contributed by atoms with Crippen molar-refractivity contribution in [1.29, 1.82) is 5.26 Å². The van der Waals surface area contributed by atoms with Crippen LogP contribution < -0.4 is 10.9 Å². The SMILES string of the molecule is Cc1cc(C#N)ccc1-c1c[nH]n(-c2ccc(C(=O)NCCCO)cn2)c1=O. The molecule has 0 aliphatic rings. The van der Waals surface area contributed by atoms with Crippen molar-refractivity contribution in [2.75, 3.05) is 13.2 Å². The fourth-order valence-electron chi connectivity index (χ4n) is 2.80. The van der Waals surface area contributed by atoms with E-state index in [1.165, 1.54) is 10.9 Å². The zero-order valence-electron chi connectivity index (χ0n) is 15.3. The number of amides is 1. The molecule has 0 fully saturated rings. The molecule has 0 spiro atoms. The summed E-state index contributed by atoms with van der Waals surface area (Å²) >= 11 is 0. The molecule has 8 heteroatoms. The van der Waals surface area contributed by atoms with Crippen LogP contribution in [0.5, 0.6) is 0 Å². The van der Waals surface area contributed by atoms with E-state index < -0.39 is 0 Å². The van der Waals surface area contributed by atoms with Crippen molar-refractivity contribution in [3.8, 4) is 23.0 Å². The first-order chi connectivity index (χ1) is 13.5. The summed E-state index contributed by atoms with van der Waals surface area (Å²) in [5.41, 5.74) is 2.65. The second-order valence-corrected chi connectivity index (χ2v) is 6.21. The molecule has 0 bridgehead atoms. The van der Waals surface area contributed by atoms with E-state index in [-0.39, 0.29) is 18.1 Å². The van der Waals surface area contributed by atoms with Crippen molar-refractivity contribution in [2.24, 2.45) is 0 Å². The number of pyridine rings is 1. The quantitative estimate of drug-likeness (QED) is 0.562. The van der Waals surface area contributed by atoms with Gasteiger partial charge in [0, 0.05) is 25.5 Å². The van der Waals surface area contributed by atoms with Gasteiger partial charge in [-0.3, -0.25) is 14.7 Å². The molecule has 142 valence electrons. The number of benzene rings is 1. The van der Waals surface area contributed by atoms with Crippen molar-refractivity contribution in [2.45, 2.75) is 13.3 Å². The molecule has 0 atom stereocenters. The molecule has 0 unspecified atom stereocenters. The highest BCUT2D eigenvalue weighted by molar-refractivity contribution is 5.93. The third-order valence-corrected chi connectivity index (χ3v) is 4.28. The monoisotopic (exact) mass is 377 g/mol. The minimum absolute atomic E-state index is 0.00819. The van der Waals surface area contributed by atoms with Crippen molar-refractivity contribution >= 4 is 5.91 Å². The van der Waals surface area contributed by atoms with Gasteiger partial charge in [0.25, 0.3) is 11.5 Å². The highest BCUT2D eigenvalue weighted by Crippen LogP contribution is 2.21. The van der Waals surface area contributed by atoms with Crippen LogP contribution in [0.1, 0.15) is 27.9 Å². The Bertz CT molecular complexity index is 1090. The molecule has 0 aliphatic carbocycles. The number of aromatic amines is 1. The Morgan fingerprint density at radius 3 is 2.79 bits per heavy atom. The van der Waals surface area contributed by atoms with Crippen LogP contribution in [0.2, 0.25) is 0 Å². The zero-order valence-corrected chi connectivity index (χ0v) is 15.3. The van der Waals surface area contributed by atoms with E-state index in [4.69, 9.17) is 10.4 Å². The largest absolute Gasteiger partial charge is 0.396 e. The summed E-state index contributed by atoms with van der Waals surface area (Å²) in [4.78, 5) is 29.0. The van der Waals surface area contributed by atoms with E-state index in [2.05, 4.69) is 21.5 Å². The van der Waals surface area contributed by atoms with Gasteiger partial charge in [-0.05, 0) is 48.7 Å². The molecular weight excluding hydrogens is 358 g/mol. The van der Waals surface area contributed by atoms with Crippen LogP contribution in [0.4, 0.5) is 0 Å². The lowest BCUT2D eigenvalue weighted by Gasteiger charge is -2.05. The number of nitrogens with zero attached hydrogens (tertiary/aromatic N) is 3. The summed E-state index contributed by atoms with van der Waals surface area (Å²) in [6.07, 6.45) is 3.46. The summed E-state index contributed by atoms with van der Waals surface area (Å²) in [7, 11) is 0. The maximum atomic E-state index is 12.8. The minimum Gasteiger partial charge on any atom is -0.396 e. The standard InChI is InChI=1S/C20H19N5O3/c1-13-9-14(10-21)3-5-16(13)17-12-24-25(20(17)28)18-6-4-15(11-23-18)19(27)22-7-2-8-26/h3-6,9,11-12,24,26H,2,7-8H2,1H3,(H,22,27). The topological polar surface area (TPSA) is 124 Å². The average molecular weight is 377 g/mol. The van der Waals surface area contributed by atoms with Crippen molar-refractivity contribution in [3.05, 3.63) is 69.8 Å². The van der Waals surface area contributed by atoms with E-state index in [0.29, 0.717) is 35.5 Å². The van der Waals surface area contributed by atoms with Crippen molar-refractivity contribution < 1.29 is 9.90 Å². The Hall–Kier alpha value is -3.70. The summed E-state index contributed by atoms with van der Waals surface area (Å²) in [5.74, 6) is 0.0645. The van der Waals surface area contributed by atoms with E-state index in [1.54, 1.807) is 36.5 Å². The normalized spacial score (nSPS) is 10.5. The van der Waals surface area contributed by atoms with E-state index in [1.807, 2.05) is 6.92 Å². The second kappa shape index (κ2) is 8.33. The van der Waals surface area contributed by atoms with Gasteiger partial charge in [-0.25, -0.2) is 9.67 Å². The maximum Gasteiger partial charge on any atom is 0.280 e. The summed E-state index contributed by atoms with van der Waals surface area (Å²) in [6.45, 7) is 2.23. The van der Waals surface area contributed by atoms with Gasteiger partial charge in [0.05, 0.1) is 22.8 Å². The molecule has 28 heavy (non-hydrogen) atoms. The van der Waals surface area contributed by atoms with E-state index in [9.17, 15) is 9.59 Å². The molecule has 2 aromatic heterocycles. The summed E-state index contributed by atoms with van der Waals surface area (Å²) < 4.78 is 1.29. The van der Waals surface area contributed by atoms with Crippen LogP contribution in [0.3, 0.4) is 0 Å². The van der Waals surface area contributed by atoms with Gasteiger partial charge in [0.1, 0.15) is 0 Å². The number of aliphatic hydroxyl groups is 1. The van der Waals surface area contributed by atoms with Gasteiger partial charge >= 0.3 is 0 Å². The fourth-order valence-corrected chi connectivity index (χ4v) is 2.80. The molecule has 0 saturated heterocycles. The number of aliphatic hydroxyl groups excluding tert-OH is 1. The number of aryl methyl sites for hydroxylation is 1. The minimum atomic E-state index is -0.291. The lowest BCUT2D eigenvalue weighted by Crippen LogP contribution is -2.25. The molecule has 3 aromatic rings. The number of carbonyl (C=O) groups excluding carboxylic acids is 1. The number of nitrogens with one attached hydrogen (secondary N) is 2. The second-order valence-electron chi connectivity index (χ2n) is 6.21. The van der Waals surface area contributed by atoms with Gasteiger partial charge in [0.2, 0.25) is 0 Å². The first-order valence-corrected chi connectivity index (χ1v) is 8.72. The molecule has 8 nitrogen and oxygen atoms in total. The van der Waals surface area contributed by atoms with E-state index >= 15 is 0 Å². The Morgan fingerprint density at radius 1 is 1.32 bits per heavy atom. The number of rotatable bonds is 6. The lowest BCUT2D eigenvalue weighted by atomic mass is 10.0. The van der Waals surface area contributed by atoms with Crippen molar-refractivity contribution in [3.63, 3.8) is 0 Å². The fraction of sp³-hybridized carbons (Fsp3) is 0.200. The number of hydrogen-bond acceptors (Lipinski definition) is 5. The molecule has 0 saturated carbocycles. The third kappa shape index (κ3) is 3.84. The first-order valence-electron chi connectivity index (χ1n) is 8.72. The number of hydrogen-bond donors (Lipinski definition) is 3. The Balaban J connectivity index is 1.85. The molecule has 1 amide bonds. The predicted molar refractivity (Wildman–Crippen MR) is 103 cm³/mol. The third-order valence-electron chi connectivity index (χ3n) is 4.28. The lowest BCUT2D eigenvalue weighted by molar-refractivity contribution is 0.0951. The van der Waals surface area contributed by atoms with Gasteiger partial charge in [-0.15, -0.1) is 0 Å². The van der Waals surface area contributed by atoms with Crippen LogP contribution in [0.25, 0.3) is 16.9 Å². The Labute approximate surface area is 161 Å². The first kappa shape index (κ1) is 19.1. The van der Waals surface area contributed by atoms with Crippen LogP contribution in [-0.2, 0) is 0 Å². The smallest absolute Gasteiger partial charge is 0.280 e. The van der Waals surface area contributed by atoms with Crippen LogP contribution >= 0.6 is 0 Å². The molecule has 3 rings (SSSR count). The average Bonchev–Trinajstić information content (AvgIpc) is 3.09. The number of carbonyl (C=O) groups is 1. The van der Waals surface area contributed by atoms with Gasteiger partial charge in [-0.2, -0.15) is 5.26 Å². The highest BCUT2D eigenvalue weighted by atomic mass is 16.3. The predicted octanol–water partition coefficient (Wildman–Crippen LogP) is 1.52. The van der Waals surface area contributed by atoms with Gasteiger partial charge in [-0.1, -0.05) is 6.07 Å². The van der Waals surface area contributed by atoms with Crippen LogP contribution in [-0.4, -0.2) is 38.9 Å². The number of H-pyrrole nitrogens is 1. The molecule has 3 N–H and O–H groups in total.